The van der Waals surface area contributed by atoms with Crippen molar-refractivity contribution in [3.63, 3.8) is 0 Å². The van der Waals surface area contributed by atoms with Crippen LogP contribution < -0.4 is 10.6 Å². The minimum atomic E-state index is 0.621. The Labute approximate surface area is 127 Å². The van der Waals surface area contributed by atoms with Gasteiger partial charge in [-0.05, 0) is 37.9 Å². The zero-order chi connectivity index (χ0) is 14.7. The maximum Gasteiger partial charge on any atom is 0.0423 e. The van der Waals surface area contributed by atoms with Gasteiger partial charge in [0.1, 0.15) is 0 Å². The van der Waals surface area contributed by atoms with Gasteiger partial charge < -0.3 is 15.5 Å². The summed E-state index contributed by atoms with van der Waals surface area (Å²) in [6.07, 6.45) is 0. The van der Waals surface area contributed by atoms with Crippen molar-refractivity contribution in [2.24, 2.45) is 11.7 Å². The number of rotatable bonds is 5. The summed E-state index contributed by atoms with van der Waals surface area (Å²) >= 11 is 1.89. The summed E-state index contributed by atoms with van der Waals surface area (Å²) in [7, 11) is 4.36. The van der Waals surface area contributed by atoms with E-state index in [4.69, 9.17) is 5.73 Å². The van der Waals surface area contributed by atoms with Crippen LogP contribution >= 0.6 is 11.8 Å². The quantitative estimate of drug-likeness (QED) is 0.846. The first-order valence-electron chi connectivity index (χ1n) is 7.44. The molecule has 1 heterocycles. The van der Waals surface area contributed by atoms with Crippen LogP contribution in [0.1, 0.15) is 19.4 Å². The summed E-state index contributed by atoms with van der Waals surface area (Å²) in [5.74, 6) is 1.78. The molecule has 1 aliphatic rings. The van der Waals surface area contributed by atoms with E-state index in [1.165, 1.54) is 16.1 Å². The van der Waals surface area contributed by atoms with Crippen molar-refractivity contribution in [1.29, 1.82) is 0 Å². The number of hydrogen-bond donors (Lipinski definition) is 1. The third-order valence-corrected chi connectivity index (χ3v) is 5.17. The Bertz CT molecular complexity index is 447. The van der Waals surface area contributed by atoms with Crippen molar-refractivity contribution in [3.05, 3.63) is 23.8 Å². The Kier molecular flexibility index (Phi) is 5.35. The van der Waals surface area contributed by atoms with Gasteiger partial charge in [-0.2, -0.15) is 0 Å². The molecule has 0 saturated carbocycles. The van der Waals surface area contributed by atoms with Crippen molar-refractivity contribution >= 4 is 17.4 Å². The number of likely N-dealkylation sites (N-methyl/N-ethyl adjacent to an activating group) is 1. The predicted molar refractivity (Wildman–Crippen MR) is 89.6 cm³/mol. The maximum atomic E-state index is 6.03. The second-order valence-corrected chi connectivity index (χ2v) is 7.11. The van der Waals surface area contributed by atoms with Crippen LogP contribution in [-0.4, -0.2) is 43.9 Å². The van der Waals surface area contributed by atoms with Crippen molar-refractivity contribution in [3.8, 4) is 0 Å². The fourth-order valence-electron chi connectivity index (χ4n) is 3.16. The van der Waals surface area contributed by atoms with Crippen LogP contribution in [0.4, 0.5) is 5.69 Å². The molecule has 1 fully saturated rings. The van der Waals surface area contributed by atoms with Gasteiger partial charge in [0, 0.05) is 41.8 Å². The van der Waals surface area contributed by atoms with Crippen LogP contribution in [0.2, 0.25) is 0 Å². The minimum Gasteiger partial charge on any atom is -0.369 e. The topological polar surface area (TPSA) is 32.5 Å². The van der Waals surface area contributed by atoms with E-state index < -0.39 is 0 Å². The van der Waals surface area contributed by atoms with Gasteiger partial charge in [0.15, 0.2) is 0 Å². The molecule has 2 rings (SSSR count). The predicted octanol–water partition coefficient (Wildman–Crippen LogP) is 2.64. The molecule has 2 atom stereocenters. The summed E-state index contributed by atoms with van der Waals surface area (Å²) < 4.78 is 0. The maximum absolute atomic E-state index is 6.03. The number of thioether (sulfide) groups is 1. The normalized spacial score (nSPS) is 22.8. The standard InChI is InChI=1S/C16H27N3S/c1-5-20-16-8-6-7-14(13(16)9-17)19-10-12(2)15(11-19)18(3)4/h6-8,12,15H,5,9-11,17H2,1-4H3. The zero-order valence-electron chi connectivity index (χ0n) is 13.1. The molecule has 20 heavy (non-hydrogen) atoms. The van der Waals surface area contributed by atoms with Gasteiger partial charge in [0.2, 0.25) is 0 Å². The van der Waals surface area contributed by atoms with Crippen LogP contribution in [0.3, 0.4) is 0 Å². The minimum absolute atomic E-state index is 0.621. The van der Waals surface area contributed by atoms with Gasteiger partial charge in [-0.15, -0.1) is 11.8 Å². The molecule has 0 aliphatic carbocycles. The molecule has 0 bridgehead atoms. The molecule has 1 aromatic carbocycles. The van der Waals surface area contributed by atoms with E-state index in [1.54, 1.807) is 0 Å². The molecular formula is C16H27N3S. The second kappa shape index (κ2) is 6.83. The number of nitrogens with zero attached hydrogens (tertiary/aromatic N) is 2. The Balaban J connectivity index is 2.27. The summed E-state index contributed by atoms with van der Waals surface area (Å²) in [6, 6.07) is 7.22. The Morgan fingerprint density at radius 2 is 2.10 bits per heavy atom. The molecule has 1 aliphatic heterocycles. The lowest BCUT2D eigenvalue weighted by molar-refractivity contribution is 0.266. The first-order chi connectivity index (χ1) is 9.58. The number of hydrogen-bond acceptors (Lipinski definition) is 4. The monoisotopic (exact) mass is 293 g/mol. The third-order valence-electron chi connectivity index (χ3n) is 4.19. The lowest BCUT2D eigenvalue weighted by atomic mass is 10.1. The van der Waals surface area contributed by atoms with Crippen molar-refractivity contribution < 1.29 is 0 Å². The lowest BCUT2D eigenvalue weighted by Crippen LogP contribution is -2.34. The summed E-state index contributed by atoms with van der Waals surface area (Å²) in [5.41, 5.74) is 8.67. The first kappa shape index (κ1) is 15.7. The Morgan fingerprint density at radius 3 is 2.65 bits per heavy atom. The molecular weight excluding hydrogens is 266 g/mol. The van der Waals surface area contributed by atoms with Crippen LogP contribution in [0, 0.1) is 5.92 Å². The third kappa shape index (κ3) is 3.13. The largest absolute Gasteiger partial charge is 0.369 e. The molecule has 0 amide bonds. The van der Waals surface area contributed by atoms with Crippen LogP contribution in [0.25, 0.3) is 0 Å². The fraction of sp³-hybridized carbons (Fsp3) is 0.625. The molecule has 2 N–H and O–H groups in total. The molecule has 0 radical (unpaired) electrons. The average molecular weight is 293 g/mol. The van der Waals surface area contributed by atoms with E-state index in [0.717, 1.165) is 18.8 Å². The first-order valence-corrected chi connectivity index (χ1v) is 8.43. The number of anilines is 1. The van der Waals surface area contributed by atoms with Crippen LogP contribution in [0.5, 0.6) is 0 Å². The summed E-state index contributed by atoms with van der Waals surface area (Å²) in [6.45, 7) is 7.38. The van der Waals surface area contributed by atoms with Crippen molar-refractivity contribution in [2.45, 2.75) is 31.3 Å². The zero-order valence-corrected chi connectivity index (χ0v) is 13.9. The van der Waals surface area contributed by atoms with E-state index in [1.807, 2.05) is 11.8 Å². The fourth-order valence-corrected chi connectivity index (χ4v) is 4.01. The molecule has 0 spiro atoms. The Hall–Kier alpha value is -0.710. The summed E-state index contributed by atoms with van der Waals surface area (Å²) in [4.78, 5) is 6.20. The highest BCUT2D eigenvalue weighted by Gasteiger charge is 2.32. The van der Waals surface area contributed by atoms with Gasteiger partial charge in [-0.25, -0.2) is 0 Å². The molecule has 3 nitrogen and oxygen atoms in total. The van der Waals surface area contributed by atoms with E-state index in [2.05, 4.69) is 55.9 Å². The van der Waals surface area contributed by atoms with Gasteiger partial charge in [-0.3, -0.25) is 0 Å². The lowest BCUT2D eigenvalue weighted by Gasteiger charge is -2.25. The van der Waals surface area contributed by atoms with E-state index in [0.29, 0.717) is 18.5 Å². The van der Waals surface area contributed by atoms with Crippen LogP contribution in [-0.2, 0) is 6.54 Å². The van der Waals surface area contributed by atoms with Gasteiger partial charge >= 0.3 is 0 Å². The van der Waals surface area contributed by atoms with Crippen molar-refractivity contribution in [1.82, 2.24) is 4.90 Å². The van der Waals surface area contributed by atoms with Gasteiger partial charge in [0.25, 0.3) is 0 Å². The smallest absolute Gasteiger partial charge is 0.0423 e. The van der Waals surface area contributed by atoms with E-state index in [-0.39, 0.29) is 0 Å². The second-order valence-electron chi connectivity index (χ2n) is 5.80. The van der Waals surface area contributed by atoms with Gasteiger partial charge in [0.05, 0.1) is 0 Å². The van der Waals surface area contributed by atoms with Crippen molar-refractivity contribution in [2.75, 3.05) is 37.8 Å². The SMILES string of the molecule is CCSc1cccc(N2CC(C)C(N(C)C)C2)c1CN. The highest BCUT2D eigenvalue weighted by molar-refractivity contribution is 7.99. The van der Waals surface area contributed by atoms with Crippen LogP contribution in [0.15, 0.2) is 23.1 Å². The molecule has 1 aromatic rings. The average Bonchev–Trinajstić information content (AvgIpc) is 2.81. The summed E-state index contributed by atoms with van der Waals surface area (Å²) in [5, 5.41) is 0. The number of nitrogens with two attached hydrogens (primary N) is 1. The molecule has 0 aromatic heterocycles. The van der Waals surface area contributed by atoms with Gasteiger partial charge in [-0.1, -0.05) is 19.9 Å². The number of benzene rings is 1. The molecule has 1 saturated heterocycles. The van der Waals surface area contributed by atoms with E-state index >= 15 is 0 Å². The Morgan fingerprint density at radius 1 is 1.35 bits per heavy atom. The highest BCUT2D eigenvalue weighted by Crippen LogP contribution is 2.34. The molecule has 2 unspecified atom stereocenters. The van der Waals surface area contributed by atoms with E-state index in [9.17, 15) is 0 Å². The highest BCUT2D eigenvalue weighted by atomic mass is 32.2. The molecule has 4 heteroatoms. The molecule has 112 valence electrons.